The van der Waals surface area contributed by atoms with Crippen molar-refractivity contribution in [1.29, 1.82) is 0 Å². The molecule has 0 radical (unpaired) electrons. The molecule has 0 spiro atoms. The Labute approximate surface area is 165 Å². The molecule has 4 fully saturated rings. The molecule has 0 heterocycles. The summed E-state index contributed by atoms with van der Waals surface area (Å²) in [6.07, 6.45) is 7.67. The Bertz CT molecular complexity index is 743. The van der Waals surface area contributed by atoms with Crippen molar-refractivity contribution in [2.45, 2.75) is 51.5 Å². The van der Waals surface area contributed by atoms with Crippen LogP contribution in [0.15, 0.2) is 18.2 Å². The molecule has 1 atom stereocenters. The number of nitrogens with one attached hydrogen (secondary N) is 1. The van der Waals surface area contributed by atoms with Crippen molar-refractivity contribution < 1.29 is 23.5 Å². The molecule has 4 saturated carbocycles. The summed E-state index contributed by atoms with van der Waals surface area (Å²) in [5.74, 6) is 0.829. The van der Waals surface area contributed by atoms with Gasteiger partial charge in [-0.05, 0) is 86.8 Å². The Morgan fingerprint density at radius 2 is 1.79 bits per heavy atom. The third kappa shape index (κ3) is 3.61. The van der Waals surface area contributed by atoms with Crippen LogP contribution in [0.25, 0.3) is 0 Å². The lowest BCUT2D eigenvalue weighted by molar-refractivity contribution is -0.128. The Kier molecular flexibility index (Phi) is 5.06. The van der Waals surface area contributed by atoms with Crippen LogP contribution < -0.4 is 10.1 Å². The zero-order valence-corrected chi connectivity index (χ0v) is 16.5. The lowest BCUT2D eigenvalue weighted by Gasteiger charge is -2.59. The molecule has 1 aromatic carbocycles. The highest BCUT2D eigenvalue weighted by atomic mass is 19.1. The highest BCUT2D eigenvalue weighted by Gasteiger charge is 2.53. The first kappa shape index (κ1) is 19.2. The molecule has 5 rings (SSSR count). The molecular formula is C22H28FNO4. The van der Waals surface area contributed by atoms with Crippen LogP contribution in [0.4, 0.5) is 4.39 Å². The predicted molar refractivity (Wildman–Crippen MR) is 101 cm³/mol. The number of hydrogen-bond donors (Lipinski definition) is 1. The van der Waals surface area contributed by atoms with Gasteiger partial charge >= 0.3 is 5.97 Å². The smallest absolute Gasteiger partial charge is 0.338 e. The third-order valence-electron chi connectivity index (χ3n) is 7.10. The van der Waals surface area contributed by atoms with Gasteiger partial charge in [-0.15, -0.1) is 0 Å². The number of amides is 1. The fraction of sp³-hybridized carbons (Fsp3) is 0.636. The van der Waals surface area contributed by atoms with Crippen molar-refractivity contribution >= 4 is 11.9 Å². The average Bonchev–Trinajstić information content (AvgIpc) is 2.65. The third-order valence-corrected chi connectivity index (χ3v) is 7.10. The largest absolute Gasteiger partial charge is 0.494 e. The monoisotopic (exact) mass is 389 g/mol. The summed E-state index contributed by atoms with van der Waals surface area (Å²) in [4.78, 5) is 24.5. The predicted octanol–water partition coefficient (Wildman–Crippen LogP) is 3.71. The minimum absolute atomic E-state index is 0.0543. The second-order valence-corrected chi connectivity index (χ2v) is 8.99. The van der Waals surface area contributed by atoms with Crippen LogP contribution in [0.5, 0.6) is 5.75 Å². The number of halogens is 1. The average molecular weight is 389 g/mol. The number of benzene rings is 1. The first-order valence-electron chi connectivity index (χ1n) is 10.2. The van der Waals surface area contributed by atoms with Gasteiger partial charge in [0.05, 0.1) is 12.7 Å². The van der Waals surface area contributed by atoms with E-state index in [0.717, 1.165) is 23.8 Å². The van der Waals surface area contributed by atoms with Crippen molar-refractivity contribution in [3.63, 3.8) is 0 Å². The van der Waals surface area contributed by atoms with Crippen LogP contribution >= 0.6 is 0 Å². The molecule has 1 aromatic rings. The van der Waals surface area contributed by atoms with E-state index in [1.54, 1.807) is 0 Å². The van der Waals surface area contributed by atoms with Crippen molar-refractivity contribution in [1.82, 2.24) is 5.32 Å². The second-order valence-electron chi connectivity index (χ2n) is 8.99. The summed E-state index contributed by atoms with van der Waals surface area (Å²) in [6.45, 7) is 1.73. The molecule has 0 saturated heterocycles. The highest BCUT2D eigenvalue weighted by molar-refractivity contribution is 5.91. The molecule has 152 valence electrons. The SMILES string of the molecule is COc1ccc(C(=O)OCC(=O)N[C@H](C)C23CC4CC(CC(C4)C2)C3)cc1F. The zero-order valence-electron chi connectivity index (χ0n) is 16.5. The molecule has 1 N–H and O–H groups in total. The molecule has 0 aromatic heterocycles. The summed E-state index contributed by atoms with van der Waals surface area (Å²) in [5.41, 5.74) is 0.258. The number of rotatable bonds is 6. The Morgan fingerprint density at radius 3 is 2.32 bits per heavy atom. The van der Waals surface area contributed by atoms with Gasteiger partial charge in [-0.3, -0.25) is 4.79 Å². The van der Waals surface area contributed by atoms with Crippen LogP contribution in [-0.2, 0) is 9.53 Å². The molecular weight excluding hydrogens is 361 g/mol. The Balaban J connectivity index is 1.31. The van der Waals surface area contributed by atoms with Gasteiger partial charge in [0, 0.05) is 6.04 Å². The van der Waals surface area contributed by atoms with E-state index in [1.165, 1.54) is 57.8 Å². The molecule has 4 aliphatic carbocycles. The van der Waals surface area contributed by atoms with Gasteiger partial charge in [0.25, 0.3) is 5.91 Å². The maximum atomic E-state index is 13.7. The van der Waals surface area contributed by atoms with Crippen molar-refractivity contribution in [3.8, 4) is 5.75 Å². The number of carbonyl (C=O) groups is 2. The fourth-order valence-corrected chi connectivity index (χ4v) is 6.15. The van der Waals surface area contributed by atoms with Gasteiger partial charge in [0.2, 0.25) is 0 Å². The number of ether oxygens (including phenoxy) is 2. The second kappa shape index (κ2) is 7.37. The lowest BCUT2D eigenvalue weighted by Crippen LogP contribution is -2.56. The van der Waals surface area contributed by atoms with Crippen molar-refractivity contribution in [3.05, 3.63) is 29.6 Å². The first-order valence-corrected chi connectivity index (χ1v) is 10.2. The van der Waals surface area contributed by atoms with Crippen molar-refractivity contribution in [2.75, 3.05) is 13.7 Å². The minimum atomic E-state index is -0.723. The molecule has 6 heteroatoms. The minimum Gasteiger partial charge on any atom is -0.494 e. The summed E-state index contributed by atoms with van der Waals surface area (Å²) < 4.78 is 23.6. The number of hydrogen-bond acceptors (Lipinski definition) is 4. The van der Waals surface area contributed by atoms with Gasteiger partial charge in [-0.1, -0.05) is 0 Å². The normalized spacial score (nSPS) is 31.3. The Hall–Kier alpha value is -2.11. The van der Waals surface area contributed by atoms with E-state index in [2.05, 4.69) is 12.2 Å². The van der Waals surface area contributed by atoms with Gasteiger partial charge in [0.1, 0.15) is 0 Å². The molecule has 28 heavy (non-hydrogen) atoms. The summed E-state index contributed by atoms with van der Waals surface area (Å²) in [7, 11) is 1.35. The lowest BCUT2D eigenvalue weighted by atomic mass is 9.48. The van der Waals surface area contributed by atoms with E-state index >= 15 is 0 Å². The quantitative estimate of drug-likeness (QED) is 0.754. The standard InChI is InChI=1S/C22H28FNO4/c1-13(22-9-14-5-15(10-22)7-16(6-14)11-22)24-20(25)12-28-21(26)17-3-4-19(27-2)18(23)8-17/h3-4,8,13-16H,5-7,9-12H2,1-2H3,(H,24,25)/t13-,14?,15?,16?,22?/m1/s1. The van der Waals surface area contributed by atoms with Crippen LogP contribution in [0.1, 0.15) is 55.8 Å². The van der Waals surface area contributed by atoms with E-state index in [-0.39, 0.29) is 35.3 Å². The number of methoxy groups -OCH3 is 1. The maximum Gasteiger partial charge on any atom is 0.338 e. The van der Waals surface area contributed by atoms with Gasteiger partial charge in [-0.25, -0.2) is 9.18 Å². The zero-order chi connectivity index (χ0) is 19.9. The van der Waals surface area contributed by atoms with E-state index in [1.807, 2.05) is 0 Å². The van der Waals surface area contributed by atoms with Crippen molar-refractivity contribution in [2.24, 2.45) is 23.2 Å². The fourth-order valence-electron chi connectivity index (χ4n) is 6.15. The van der Waals surface area contributed by atoms with E-state index in [9.17, 15) is 14.0 Å². The van der Waals surface area contributed by atoms with Gasteiger partial charge in [0.15, 0.2) is 18.2 Å². The first-order chi connectivity index (χ1) is 13.4. The molecule has 1 amide bonds. The topological polar surface area (TPSA) is 64.6 Å². The van der Waals surface area contributed by atoms with E-state index in [0.29, 0.717) is 0 Å². The molecule has 4 aliphatic rings. The van der Waals surface area contributed by atoms with E-state index in [4.69, 9.17) is 9.47 Å². The van der Waals surface area contributed by atoms with Crippen LogP contribution in [0, 0.1) is 29.0 Å². The summed E-state index contributed by atoms with van der Waals surface area (Å²) in [5, 5.41) is 3.06. The van der Waals surface area contributed by atoms with Crippen LogP contribution in [0.2, 0.25) is 0 Å². The molecule has 0 unspecified atom stereocenters. The molecule has 5 nitrogen and oxygen atoms in total. The maximum absolute atomic E-state index is 13.7. The summed E-state index contributed by atoms with van der Waals surface area (Å²) in [6, 6.07) is 3.91. The number of carbonyl (C=O) groups excluding carboxylic acids is 2. The van der Waals surface area contributed by atoms with E-state index < -0.39 is 11.8 Å². The molecule has 4 bridgehead atoms. The number of esters is 1. The summed E-state index contributed by atoms with van der Waals surface area (Å²) >= 11 is 0. The van der Waals surface area contributed by atoms with Crippen LogP contribution in [-0.4, -0.2) is 31.6 Å². The molecule has 0 aliphatic heterocycles. The van der Waals surface area contributed by atoms with Gasteiger partial charge < -0.3 is 14.8 Å². The van der Waals surface area contributed by atoms with Gasteiger partial charge in [-0.2, -0.15) is 0 Å². The van der Waals surface area contributed by atoms with Crippen LogP contribution in [0.3, 0.4) is 0 Å². The Morgan fingerprint density at radius 1 is 1.18 bits per heavy atom. The highest BCUT2D eigenvalue weighted by Crippen LogP contribution is 2.61.